The lowest BCUT2D eigenvalue weighted by atomic mass is 9.98. The Hall–Kier alpha value is -3.84. The van der Waals surface area contributed by atoms with Crippen molar-refractivity contribution in [1.29, 1.82) is 5.26 Å². The van der Waals surface area contributed by atoms with Gasteiger partial charge >= 0.3 is 0 Å². The molecule has 4 heteroatoms. The number of ether oxygens (including phenoxy) is 1. The third-order valence-corrected chi connectivity index (χ3v) is 4.97. The molecule has 156 valence electrons. The van der Waals surface area contributed by atoms with E-state index in [1.807, 2.05) is 55.5 Å². The molecule has 3 aromatic rings. The zero-order chi connectivity index (χ0) is 22.4. The van der Waals surface area contributed by atoms with Gasteiger partial charge in [-0.3, -0.25) is 4.79 Å². The van der Waals surface area contributed by atoms with Gasteiger partial charge in [-0.15, -0.1) is 0 Å². The molecule has 0 fully saturated rings. The summed E-state index contributed by atoms with van der Waals surface area (Å²) >= 11 is 0. The van der Waals surface area contributed by atoms with Crippen LogP contribution in [0.5, 0.6) is 5.75 Å². The quantitative estimate of drug-likeness (QED) is 0.415. The van der Waals surface area contributed by atoms with Crippen LogP contribution in [0.3, 0.4) is 0 Å². The van der Waals surface area contributed by atoms with Crippen LogP contribution >= 0.6 is 0 Å². The lowest BCUT2D eigenvalue weighted by molar-refractivity contribution is -0.112. The van der Waals surface area contributed by atoms with Crippen molar-refractivity contribution in [2.45, 2.75) is 27.2 Å². The van der Waals surface area contributed by atoms with E-state index < -0.39 is 5.91 Å². The van der Waals surface area contributed by atoms with E-state index >= 15 is 0 Å². The minimum Gasteiger partial charge on any atom is -0.496 e. The molecule has 1 amide bonds. The number of carbonyl (C=O) groups is 1. The number of rotatable bonds is 6. The number of amides is 1. The highest BCUT2D eigenvalue weighted by atomic mass is 16.5. The van der Waals surface area contributed by atoms with Gasteiger partial charge < -0.3 is 10.1 Å². The molecule has 0 aliphatic heterocycles. The fourth-order valence-electron chi connectivity index (χ4n) is 3.54. The van der Waals surface area contributed by atoms with Gasteiger partial charge in [-0.05, 0) is 61.7 Å². The highest BCUT2D eigenvalue weighted by molar-refractivity contribution is 6.09. The monoisotopic (exact) mass is 410 g/mol. The topological polar surface area (TPSA) is 62.1 Å². The van der Waals surface area contributed by atoms with Crippen molar-refractivity contribution < 1.29 is 9.53 Å². The lowest BCUT2D eigenvalue weighted by Gasteiger charge is -2.11. The van der Waals surface area contributed by atoms with Crippen LogP contribution in [-0.2, 0) is 11.2 Å². The number of anilines is 1. The minimum atomic E-state index is -0.440. The number of carbonyl (C=O) groups excluding carboxylic acids is 1. The summed E-state index contributed by atoms with van der Waals surface area (Å²) in [4.78, 5) is 12.5. The molecule has 4 nitrogen and oxygen atoms in total. The first-order chi connectivity index (χ1) is 14.9. The van der Waals surface area contributed by atoms with Gasteiger partial charge in [-0.1, -0.05) is 59.2 Å². The molecule has 0 spiro atoms. The Kier molecular flexibility index (Phi) is 6.89. The largest absolute Gasteiger partial charge is 0.496 e. The van der Waals surface area contributed by atoms with Crippen molar-refractivity contribution in [2.24, 2.45) is 0 Å². The van der Waals surface area contributed by atoms with Crippen LogP contribution in [0.4, 0.5) is 5.69 Å². The molecule has 0 unspecified atom stereocenters. The van der Waals surface area contributed by atoms with E-state index in [-0.39, 0.29) is 5.57 Å². The number of nitrogens with one attached hydrogen (secondary N) is 1. The molecule has 3 rings (SSSR count). The summed E-state index contributed by atoms with van der Waals surface area (Å²) in [5.41, 5.74) is 7.24. The first-order valence-corrected chi connectivity index (χ1v) is 10.1. The Morgan fingerprint density at radius 1 is 0.968 bits per heavy atom. The Morgan fingerprint density at radius 3 is 2.26 bits per heavy atom. The molecule has 3 aromatic carbocycles. The summed E-state index contributed by atoms with van der Waals surface area (Å²) in [6, 6.07) is 21.7. The second-order valence-corrected chi connectivity index (χ2v) is 7.73. The Bertz CT molecular complexity index is 1150. The number of aryl methyl sites for hydroxylation is 3. The van der Waals surface area contributed by atoms with Crippen molar-refractivity contribution >= 4 is 17.7 Å². The van der Waals surface area contributed by atoms with Crippen LogP contribution < -0.4 is 10.1 Å². The van der Waals surface area contributed by atoms with E-state index in [2.05, 4.69) is 37.4 Å². The van der Waals surface area contributed by atoms with Crippen LogP contribution in [0.2, 0.25) is 0 Å². The molecule has 0 radical (unpaired) electrons. The van der Waals surface area contributed by atoms with Crippen molar-refractivity contribution in [3.8, 4) is 11.8 Å². The summed E-state index contributed by atoms with van der Waals surface area (Å²) in [5.74, 6) is 0.286. The summed E-state index contributed by atoms with van der Waals surface area (Å²) in [6.45, 7) is 6.16. The van der Waals surface area contributed by atoms with Crippen LogP contribution in [0.15, 0.2) is 66.2 Å². The molecular weight excluding hydrogens is 384 g/mol. The maximum atomic E-state index is 12.5. The van der Waals surface area contributed by atoms with Crippen LogP contribution in [0.25, 0.3) is 6.08 Å². The third-order valence-electron chi connectivity index (χ3n) is 4.97. The van der Waals surface area contributed by atoms with E-state index in [1.54, 1.807) is 13.2 Å². The van der Waals surface area contributed by atoms with Gasteiger partial charge in [0.1, 0.15) is 17.4 Å². The molecule has 1 N–H and O–H groups in total. The Labute approximate surface area is 183 Å². The molecule has 0 atom stereocenters. The zero-order valence-corrected chi connectivity index (χ0v) is 18.3. The highest BCUT2D eigenvalue weighted by Gasteiger charge is 2.11. The summed E-state index contributed by atoms with van der Waals surface area (Å²) in [7, 11) is 1.63. The maximum Gasteiger partial charge on any atom is 0.266 e. The van der Waals surface area contributed by atoms with E-state index in [9.17, 15) is 10.1 Å². The summed E-state index contributed by atoms with van der Waals surface area (Å²) < 4.78 is 5.59. The van der Waals surface area contributed by atoms with Gasteiger partial charge in [-0.25, -0.2) is 0 Å². The number of nitriles is 1. The fraction of sp³-hybridized carbons (Fsp3) is 0.185. The third kappa shape index (κ3) is 5.83. The molecule has 31 heavy (non-hydrogen) atoms. The number of methoxy groups -OCH3 is 1. The van der Waals surface area contributed by atoms with Gasteiger partial charge in [0.15, 0.2) is 0 Å². The fourth-order valence-corrected chi connectivity index (χ4v) is 3.54. The Balaban J connectivity index is 1.82. The Morgan fingerprint density at radius 2 is 1.65 bits per heavy atom. The van der Waals surface area contributed by atoms with E-state index in [1.165, 1.54) is 16.7 Å². The van der Waals surface area contributed by atoms with Gasteiger partial charge in [-0.2, -0.15) is 5.26 Å². The SMILES string of the molecule is COc1cc(/C=C(\C#N)C(=O)Nc2ccc(C)cc2)ccc1Cc1cc(C)cc(C)c1. The first-order valence-electron chi connectivity index (χ1n) is 10.1. The average Bonchev–Trinajstić information content (AvgIpc) is 2.73. The molecule has 0 bridgehead atoms. The lowest BCUT2D eigenvalue weighted by Crippen LogP contribution is -2.13. The summed E-state index contributed by atoms with van der Waals surface area (Å²) in [5, 5.41) is 12.3. The van der Waals surface area contributed by atoms with Crippen molar-refractivity contribution in [3.05, 3.63) is 99.6 Å². The maximum absolute atomic E-state index is 12.5. The van der Waals surface area contributed by atoms with Crippen LogP contribution in [0.1, 0.15) is 33.4 Å². The molecule has 0 aliphatic carbocycles. The van der Waals surface area contributed by atoms with Crippen molar-refractivity contribution in [2.75, 3.05) is 12.4 Å². The molecule has 0 saturated heterocycles. The van der Waals surface area contributed by atoms with Gasteiger partial charge in [0.25, 0.3) is 5.91 Å². The number of hydrogen-bond donors (Lipinski definition) is 1. The first kappa shape index (κ1) is 21.9. The van der Waals surface area contributed by atoms with Gasteiger partial charge in [0.2, 0.25) is 0 Å². The number of nitrogens with zero attached hydrogens (tertiary/aromatic N) is 1. The van der Waals surface area contributed by atoms with Gasteiger partial charge in [0, 0.05) is 12.1 Å². The number of hydrogen-bond acceptors (Lipinski definition) is 3. The second kappa shape index (κ2) is 9.77. The van der Waals surface area contributed by atoms with E-state index in [0.29, 0.717) is 5.69 Å². The second-order valence-electron chi connectivity index (χ2n) is 7.73. The molecular formula is C27H26N2O2. The predicted octanol–water partition coefficient (Wildman–Crippen LogP) is 5.76. The van der Waals surface area contributed by atoms with E-state index in [4.69, 9.17) is 4.74 Å². The minimum absolute atomic E-state index is 0.0321. The average molecular weight is 411 g/mol. The standard InChI is InChI=1S/C27H26N2O2/c1-18-5-9-25(10-6-18)29-27(30)24(17-28)14-21-7-8-23(26(16-21)31-4)15-22-12-19(2)11-20(3)13-22/h5-14,16H,15H2,1-4H3,(H,29,30)/b24-14+. The van der Waals surface area contributed by atoms with Gasteiger partial charge in [0.05, 0.1) is 7.11 Å². The van der Waals surface area contributed by atoms with Crippen LogP contribution in [-0.4, -0.2) is 13.0 Å². The molecule has 0 saturated carbocycles. The molecule has 0 aromatic heterocycles. The van der Waals surface area contributed by atoms with E-state index in [0.717, 1.165) is 28.9 Å². The van der Waals surface area contributed by atoms with Crippen LogP contribution in [0, 0.1) is 32.1 Å². The predicted molar refractivity (Wildman–Crippen MR) is 125 cm³/mol. The number of benzene rings is 3. The smallest absolute Gasteiger partial charge is 0.266 e. The van der Waals surface area contributed by atoms with Crippen molar-refractivity contribution in [3.63, 3.8) is 0 Å². The normalized spacial score (nSPS) is 11.0. The molecule has 0 heterocycles. The van der Waals surface area contributed by atoms with Crippen molar-refractivity contribution in [1.82, 2.24) is 0 Å². The zero-order valence-electron chi connectivity index (χ0n) is 18.3. The molecule has 0 aliphatic rings. The summed E-state index contributed by atoms with van der Waals surface area (Å²) in [6.07, 6.45) is 2.32. The highest BCUT2D eigenvalue weighted by Crippen LogP contribution is 2.25.